The average Bonchev–Trinajstić information content (AvgIpc) is 3.23. The van der Waals surface area contributed by atoms with E-state index in [1.807, 2.05) is 36.4 Å². The highest BCUT2D eigenvalue weighted by molar-refractivity contribution is 7.92. The topological polar surface area (TPSA) is 102 Å². The van der Waals surface area contributed by atoms with Gasteiger partial charge in [0.2, 0.25) is 5.82 Å². The molecule has 0 aliphatic rings. The van der Waals surface area contributed by atoms with Gasteiger partial charge in [0.25, 0.3) is 10.0 Å². The molecule has 5 aromatic rings. The molecule has 152 valence electrons. The van der Waals surface area contributed by atoms with Gasteiger partial charge in [-0.05, 0) is 48.5 Å². The van der Waals surface area contributed by atoms with Crippen molar-refractivity contribution in [1.82, 2.24) is 24.8 Å². The van der Waals surface area contributed by atoms with Crippen LogP contribution >= 0.6 is 0 Å². The van der Waals surface area contributed by atoms with Gasteiger partial charge in [0.05, 0.1) is 10.6 Å². The van der Waals surface area contributed by atoms with Crippen LogP contribution in [-0.2, 0) is 10.0 Å². The number of hydrogen-bond acceptors (Lipinski definition) is 6. The number of fused-ring (bicyclic) bond motifs is 1. The predicted molar refractivity (Wildman–Crippen MR) is 117 cm³/mol. The summed E-state index contributed by atoms with van der Waals surface area (Å²) in [7, 11) is -3.68. The van der Waals surface area contributed by atoms with Crippen molar-refractivity contribution in [1.29, 1.82) is 0 Å². The van der Waals surface area contributed by atoms with Gasteiger partial charge in [-0.1, -0.05) is 36.4 Å². The van der Waals surface area contributed by atoms with Crippen LogP contribution in [0.1, 0.15) is 0 Å². The van der Waals surface area contributed by atoms with Gasteiger partial charge >= 0.3 is 0 Å². The van der Waals surface area contributed by atoms with Gasteiger partial charge in [-0.15, -0.1) is 10.2 Å². The minimum Gasteiger partial charge on any atom is -0.280 e. The second kappa shape index (κ2) is 7.62. The van der Waals surface area contributed by atoms with Gasteiger partial charge in [-0.25, -0.2) is 8.42 Å². The molecule has 0 unspecified atom stereocenters. The maximum absolute atomic E-state index is 12.6. The summed E-state index contributed by atoms with van der Waals surface area (Å²) in [6, 6.07) is 24.5. The number of sulfonamides is 1. The van der Waals surface area contributed by atoms with Crippen LogP contribution in [0.15, 0.2) is 96.0 Å². The second-order valence-electron chi connectivity index (χ2n) is 6.73. The van der Waals surface area contributed by atoms with Gasteiger partial charge in [0, 0.05) is 17.4 Å². The number of hydrogen-bond donors (Lipinski definition) is 1. The largest absolute Gasteiger partial charge is 0.280 e. The summed E-state index contributed by atoms with van der Waals surface area (Å²) in [4.78, 5) is 4.52. The highest BCUT2D eigenvalue weighted by Crippen LogP contribution is 2.24. The monoisotopic (exact) mass is 428 g/mol. The minimum absolute atomic E-state index is 0.199. The summed E-state index contributed by atoms with van der Waals surface area (Å²) in [6.07, 6.45) is 1.68. The van der Waals surface area contributed by atoms with Gasteiger partial charge < -0.3 is 0 Å². The molecule has 3 heterocycles. The Balaban J connectivity index is 1.51. The van der Waals surface area contributed by atoms with Crippen molar-refractivity contribution in [3.05, 3.63) is 91.1 Å². The van der Waals surface area contributed by atoms with Crippen LogP contribution in [0.3, 0.4) is 0 Å². The number of nitrogens with zero attached hydrogens (tertiary/aromatic N) is 5. The van der Waals surface area contributed by atoms with Crippen LogP contribution in [0.2, 0.25) is 0 Å². The Hall–Kier alpha value is -4.11. The maximum Gasteiger partial charge on any atom is 0.261 e. The standard InChI is InChI=1S/C22H16N6O2S/c29-31(30,18-9-2-1-3-10-18)27-17-8-6-7-16(15-17)19-12-13-21-24-25-22(28(21)26-19)20-11-4-5-14-23-20/h1-15,27H. The fourth-order valence-corrected chi connectivity index (χ4v) is 4.22. The van der Waals surface area contributed by atoms with E-state index in [0.29, 0.717) is 28.5 Å². The number of anilines is 1. The van der Waals surface area contributed by atoms with E-state index in [1.54, 1.807) is 59.2 Å². The Morgan fingerprint density at radius 2 is 1.61 bits per heavy atom. The SMILES string of the molecule is O=S(=O)(Nc1cccc(-c2ccc3nnc(-c4ccccn4)n3n2)c1)c1ccccc1. The Kier molecular flexibility index (Phi) is 4.64. The van der Waals surface area contributed by atoms with E-state index in [0.717, 1.165) is 5.56 Å². The van der Waals surface area contributed by atoms with Crippen molar-refractivity contribution in [2.75, 3.05) is 4.72 Å². The number of rotatable bonds is 5. The summed E-state index contributed by atoms with van der Waals surface area (Å²) >= 11 is 0. The van der Waals surface area contributed by atoms with Crippen molar-refractivity contribution < 1.29 is 8.42 Å². The molecule has 0 saturated heterocycles. The van der Waals surface area contributed by atoms with Crippen molar-refractivity contribution in [2.24, 2.45) is 0 Å². The van der Waals surface area contributed by atoms with Crippen molar-refractivity contribution in [2.45, 2.75) is 4.90 Å². The zero-order valence-corrected chi connectivity index (χ0v) is 16.9. The summed E-state index contributed by atoms with van der Waals surface area (Å²) < 4.78 is 29.5. The Bertz CT molecular complexity index is 1470. The Labute approximate surface area is 178 Å². The highest BCUT2D eigenvalue weighted by atomic mass is 32.2. The molecule has 0 fully saturated rings. The predicted octanol–water partition coefficient (Wildman–Crippen LogP) is 3.65. The van der Waals surface area contributed by atoms with E-state index in [-0.39, 0.29) is 4.90 Å². The van der Waals surface area contributed by atoms with Crippen LogP contribution in [0.25, 0.3) is 28.4 Å². The molecule has 0 aliphatic heterocycles. The molecule has 0 aliphatic carbocycles. The lowest BCUT2D eigenvalue weighted by Gasteiger charge is -2.09. The molecule has 0 amide bonds. The molecule has 1 N–H and O–H groups in total. The van der Waals surface area contributed by atoms with Crippen LogP contribution in [0.5, 0.6) is 0 Å². The van der Waals surface area contributed by atoms with E-state index in [2.05, 4.69) is 25.0 Å². The second-order valence-corrected chi connectivity index (χ2v) is 8.41. The molecule has 0 atom stereocenters. The number of nitrogens with one attached hydrogen (secondary N) is 1. The van der Waals surface area contributed by atoms with Gasteiger partial charge in [0.15, 0.2) is 5.65 Å². The lowest BCUT2D eigenvalue weighted by Crippen LogP contribution is -2.12. The minimum atomic E-state index is -3.68. The van der Waals surface area contributed by atoms with Crippen LogP contribution < -0.4 is 4.72 Å². The smallest absolute Gasteiger partial charge is 0.261 e. The third-order valence-electron chi connectivity index (χ3n) is 4.62. The lowest BCUT2D eigenvalue weighted by molar-refractivity contribution is 0.601. The number of benzene rings is 2. The van der Waals surface area contributed by atoms with E-state index in [9.17, 15) is 8.42 Å². The van der Waals surface area contributed by atoms with Gasteiger partial charge in [0.1, 0.15) is 5.69 Å². The normalized spacial score (nSPS) is 11.5. The third kappa shape index (κ3) is 3.74. The summed E-state index contributed by atoms with van der Waals surface area (Å²) in [5.74, 6) is 0.526. The first-order chi connectivity index (χ1) is 15.1. The van der Waals surface area contributed by atoms with E-state index >= 15 is 0 Å². The first-order valence-electron chi connectivity index (χ1n) is 9.42. The molecule has 5 rings (SSSR count). The van der Waals surface area contributed by atoms with Crippen molar-refractivity contribution in [3.63, 3.8) is 0 Å². The molecular formula is C22H16N6O2S. The maximum atomic E-state index is 12.6. The molecule has 9 heteroatoms. The average molecular weight is 428 g/mol. The molecule has 8 nitrogen and oxygen atoms in total. The zero-order valence-electron chi connectivity index (χ0n) is 16.1. The molecule has 0 spiro atoms. The molecule has 0 saturated carbocycles. The van der Waals surface area contributed by atoms with Crippen LogP contribution in [0, 0.1) is 0 Å². The lowest BCUT2D eigenvalue weighted by atomic mass is 10.1. The van der Waals surface area contributed by atoms with Crippen molar-refractivity contribution in [3.8, 4) is 22.8 Å². The van der Waals surface area contributed by atoms with E-state index in [4.69, 9.17) is 0 Å². The summed E-state index contributed by atoms with van der Waals surface area (Å²) in [5.41, 5.74) is 3.08. The first-order valence-corrected chi connectivity index (χ1v) is 10.9. The fourth-order valence-electron chi connectivity index (χ4n) is 3.15. The van der Waals surface area contributed by atoms with E-state index < -0.39 is 10.0 Å². The Morgan fingerprint density at radius 3 is 2.42 bits per heavy atom. The third-order valence-corrected chi connectivity index (χ3v) is 6.02. The summed E-state index contributed by atoms with van der Waals surface area (Å²) in [5, 5.41) is 13.0. The molecule has 3 aromatic heterocycles. The van der Waals surface area contributed by atoms with Crippen molar-refractivity contribution >= 4 is 21.4 Å². The number of pyridine rings is 1. The van der Waals surface area contributed by atoms with Gasteiger partial charge in [-0.2, -0.15) is 9.61 Å². The zero-order chi connectivity index (χ0) is 21.3. The quantitative estimate of drug-likeness (QED) is 0.458. The van der Waals surface area contributed by atoms with Gasteiger partial charge in [-0.3, -0.25) is 9.71 Å². The molecule has 31 heavy (non-hydrogen) atoms. The molecule has 0 radical (unpaired) electrons. The Morgan fingerprint density at radius 1 is 0.774 bits per heavy atom. The summed E-state index contributed by atoms with van der Waals surface area (Å²) in [6.45, 7) is 0. The molecule has 2 aromatic carbocycles. The first kappa shape index (κ1) is 18.9. The van der Waals surface area contributed by atoms with E-state index in [1.165, 1.54) is 0 Å². The fraction of sp³-hybridized carbons (Fsp3) is 0. The van der Waals surface area contributed by atoms with Crippen LogP contribution in [0.4, 0.5) is 5.69 Å². The molecular weight excluding hydrogens is 412 g/mol. The highest BCUT2D eigenvalue weighted by Gasteiger charge is 2.15. The molecule has 0 bridgehead atoms. The van der Waals surface area contributed by atoms with Crippen LogP contribution in [-0.4, -0.2) is 33.2 Å². The number of aromatic nitrogens is 5.